The van der Waals surface area contributed by atoms with Crippen LogP contribution in [0.1, 0.15) is 72.1 Å². The van der Waals surface area contributed by atoms with E-state index in [1.807, 2.05) is 25.1 Å². The molecule has 0 amide bonds. The SMILES string of the molecule is CCC[C@@H](C)CC(CCCCCC1(C)OCCO1)S(=O)(=O)c1ccccc1. The Kier molecular flexibility index (Phi) is 8.77. The molecule has 5 heteroatoms. The lowest BCUT2D eigenvalue weighted by molar-refractivity contribution is -0.147. The van der Waals surface area contributed by atoms with Gasteiger partial charge in [0, 0.05) is 6.42 Å². The van der Waals surface area contributed by atoms with Gasteiger partial charge in [-0.2, -0.15) is 0 Å². The van der Waals surface area contributed by atoms with Crippen LogP contribution in [0.2, 0.25) is 0 Å². The molecule has 1 aromatic rings. The minimum atomic E-state index is -3.28. The molecule has 1 aromatic carbocycles. The van der Waals surface area contributed by atoms with Crippen LogP contribution in [-0.4, -0.2) is 32.7 Å². The van der Waals surface area contributed by atoms with Crippen LogP contribution >= 0.6 is 0 Å². The maximum Gasteiger partial charge on any atom is 0.181 e. The highest BCUT2D eigenvalue weighted by Crippen LogP contribution is 2.29. The molecule has 1 saturated heterocycles. The van der Waals surface area contributed by atoms with Gasteiger partial charge in [0.05, 0.1) is 23.4 Å². The van der Waals surface area contributed by atoms with Crippen LogP contribution in [-0.2, 0) is 19.3 Å². The van der Waals surface area contributed by atoms with Crippen LogP contribution in [0.5, 0.6) is 0 Å². The molecule has 1 aliphatic heterocycles. The number of hydrogen-bond acceptors (Lipinski definition) is 4. The van der Waals surface area contributed by atoms with Crippen molar-refractivity contribution in [1.29, 1.82) is 0 Å². The van der Waals surface area contributed by atoms with Gasteiger partial charge < -0.3 is 9.47 Å². The number of benzene rings is 1. The normalized spacial score (nSPS) is 19.1. The summed E-state index contributed by atoms with van der Waals surface area (Å²) in [5, 5.41) is -0.295. The second kappa shape index (κ2) is 10.6. The van der Waals surface area contributed by atoms with Gasteiger partial charge in [-0.15, -0.1) is 0 Å². The number of unbranched alkanes of at least 4 members (excludes halogenated alkanes) is 2. The molecular weight excluding hydrogens is 360 g/mol. The molecule has 0 saturated carbocycles. The van der Waals surface area contributed by atoms with Crippen LogP contribution in [0.15, 0.2) is 35.2 Å². The molecular formula is C22H36O4S. The third kappa shape index (κ3) is 6.88. The fraction of sp³-hybridized carbons (Fsp3) is 0.727. The molecule has 27 heavy (non-hydrogen) atoms. The third-order valence-corrected chi connectivity index (χ3v) is 7.75. The zero-order valence-electron chi connectivity index (χ0n) is 17.2. The molecule has 0 N–H and O–H groups in total. The minimum Gasteiger partial charge on any atom is -0.348 e. The van der Waals surface area contributed by atoms with Crippen molar-refractivity contribution in [1.82, 2.24) is 0 Å². The van der Waals surface area contributed by atoms with E-state index >= 15 is 0 Å². The first-order valence-electron chi connectivity index (χ1n) is 10.4. The van der Waals surface area contributed by atoms with Crippen molar-refractivity contribution in [3.05, 3.63) is 30.3 Å². The summed E-state index contributed by atoms with van der Waals surface area (Å²) in [4.78, 5) is 0.457. The average molecular weight is 397 g/mol. The minimum absolute atomic E-state index is 0.295. The lowest BCUT2D eigenvalue weighted by atomic mass is 9.97. The molecule has 0 aromatic heterocycles. The predicted octanol–water partition coefficient (Wildman–Crippen LogP) is 5.37. The van der Waals surface area contributed by atoms with Crippen molar-refractivity contribution in [2.75, 3.05) is 13.2 Å². The van der Waals surface area contributed by atoms with E-state index in [2.05, 4.69) is 13.8 Å². The summed E-state index contributed by atoms with van der Waals surface area (Å²) in [5.41, 5.74) is 0. The maximum atomic E-state index is 13.2. The van der Waals surface area contributed by atoms with Crippen molar-refractivity contribution in [3.8, 4) is 0 Å². The second-order valence-electron chi connectivity index (χ2n) is 8.04. The first-order chi connectivity index (χ1) is 12.9. The standard InChI is InChI=1S/C22H36O4S/c1-4-11-19(2)18-21(27(23,24)20-12-7-5-8-13-20)14-9-6-10-15-22(3)25-16-17-26-22/h5,7-8,12-13,19,21H,4,6,9-11,14-18H2,1-3H3/t19-,21?/m1/s1. The molecule has 4 nitrogen and oxygen atoms in total. The van der Waals surface area contributed by atoms with Gasteiger partial charge in [0.1, 0.15) is 0 Å². The topological polar surface area (TPSA) is 52.6 Å². The van der Waals surface area contributed by atoms with Crippen molar-refractivity contribution in [2.45, 2.75) is 88.1 Å². The van der Waals surface area contributed by atoms with E-state index in [0.717, 1.165) is 51.4 Å². The average Bonchev–Trinajstić information content (AvgIpc) is 3.08. The Hall–Kier alpha value is -0.910. The Balaban J connectivity index is 1.92. The molecule has 0 aliphatic carbocycles. The lowest BCUT2D eigenvalue weighted by Gasteiger charge is -2.23. The largest absolute Gasteiger partial charge is 0.348 e. The quantitative estimate of drug-likeness (QED) is 0.446. The van der Waals surface area contributed by atoms with Gasteiger partial charge in [-0.05, 0) is 44.2 Å². The molecule has 1 unspecified atom stereocenters. The van der Waals surface area contributed by atoms with Gasteiger partial charge >= 0.3 is 0 Å². The Morgan fingerprint density at radius 1 is 1.04 bits per heavy atom. The second-order valence-corrected chi connectivity index (χ2v) is 10.3. The summed E-state index contributed by atoms with van der Waals surface area (Å²) in [6.45, 7) is 7.67. The summed E-state index contributed by atoms with van der Waals surface area (Å²) >= 11 is 0. The highest BCUT2D eigenvalue weighted by Gasteiger charge is 2.31. The Morgan fingerprint density at radius 2 is 1.70 bits per heavy atom. The Labute approximate surface area is 165 Å². The molecule has 1 aliphatic rings. The summed E-state index contributed by atoms with van der Waals surface area (Å²) in [5.74, 6) is -0.0109. The van der Waals surface area contributed by atoms with Crippen LogP contribution in [0.25, 0.3) is 0 Å². The molecule has 0 spiro atoms. The van der Waals surface area contributed by atoms with Gasteiger partial charge in [0.25, 0.3) is 0 Å². The lowest BCUT2D eigenvalue weighted by Crippen LogP contribution is -2.25. The van der Waals surface area contributed by atoms with Crippen molar-refractivity contribution < 1.29 is 17.9 Å². The highest BCUT2D eigenvalue weighted by atomic mass is 32.2. The summed E-state index contributed by atoms with van der Waals surface area (Å²) in [6, 6.07) is 8.93. The highest BCUT2D eigenvalue weighted by molar-refractivity contribution is 7.92. The van der Waals surface area contributed by atoms with Gasteiger partial charge in [0.15, 0.2) is 15.6 Å². The fourth-order valence-electron chi connectivity index (χ4n) is 3.96. The summed E-state index contributed by atoms with van der Waals surface area (Å²) in [6.07, 6.45) is 7.44. The van der Waals surface area contributed by atoms with Gasteiger partial charge in [-0.25, -0.2) is 8.42 Å². The maximum absolute atomic E-state index is 13.2. The molecule has 1 fully saturated rings. The molecule has 154 valence electrons. The zero-order chi connectivity index (χ0) is 19.8. The van der Waals surface area contributed by atoms with Crippen LogP contribution in [0, 0.1) is 5.92 Å². The number of hydrogen-bond donors (Lipinski definition) is 0. The van der Waals surface area contributed by atoms with Gasteiger partial charge in [-0.3, -0.25) is 0 Å². The molecule has 1 heterocycles. The summed E-state index contributed by atoms with van der Waals surface area (Å²) < 4.78 is 37.6. The van der Waals surface area contributed by atoms with Crippen LogP contribution < -0.4 is 0 Å². The molecule has 2 atom stereocenters. The third-order valence-electron chi connectivity index (χ3n) is 5.51. The van der Waals surface area contributed by atoms with Crippen LogP contribution in [0.3, 0.4) is 0 Å². The molecule has 0 radical (unpaired) electrons. The van der Waals surface area contributed by atoms with E-state index in [9.17, 15) is 8.42 Å². The van der Waals surface area contributed by atoms with E-state index in [4.69, 9.17) is 9.47 Å². The molecule has 2 rings (SSSR count). The Morgan fingerprint density at radius 3 is 2.33 bits per heavy atom. The first-order valence-corrected chi connectivity index (χ1v) is 12.0. The van der Waals surface area contributed by atoms with Gasteiger partial charge in [0.2, 0.25) is 0 Å². The van der Waals surface area contributed by atoms with E-state index in [0.29, 0.717) is 24.0 Å². The summed E-state index contributed by atoms with van der Waals surface area (Å²) in [7, 11) is -3.28. The van der Waals surface area contributed by atoms with Crippen molar-refractivity contribution >= 4 is 9.84 Å². The van der Waals surface area contributed by atoms with Crippen LogP contribution in [0.4, 0.5) is 0 Å². The van der Waals surface area contributed by atoms with E-state index in [1.165, 1.54) is 0 Å². The van der Waals surface area contributed by atoms with Crippen molar-refractivity contribution in [2.24, 2.45) is 5.92 Å². The number of ether oxygens (including phenoxy) is 2. The van der Waals surface area contributed by atoms with E-state index in [1.54, 1.807) is 12.1 Å². The predicted molar refractivity (Wildman–Crippen MR) is 109 cm³/mol. The number of rotatable bonds is 12. The van der Waals surface area contributed by atoms with E-state index in [-0.39, 0.29) is 5.25 Å². The van der Waals surface area contributed by atoms with Crippen molar-refractivity contribution in [3.63, 3.8) is 0 Å². The number of sulfone groups is 1. The zero-order valence-corrected chi connectivity index (χ0v) is 18.0. The fourth-order valence-corrected chi connectivity index (χ4v) is 5.94. The van der Waals surface area contributed by atoms with Gasteiger partial charge in [-0.1, -0.05) is 57.7 Å². The monoisotopic (exact) mass is 396 g/mol. The molecule has 0 bridgehead atoms. The Bertz CT molecular complexity index is 636. The smallest absolute Gasteiger partial charge is 0.181 e. The first kappa shape index (κ1) is 22.4. The van der Waals surface area contributed by atoms with E-state index < -0.39 is 15.6 Å².